The van der Waals surface area contributed by atoms with E-state index in [-0.39, 0.29) is 11.8 Å². The molecule has 0 bridgehead atoms. The normalized spacial score (nSPS) is 23.2. The smallest absolute Gasteiger partial charge is 0.235 e. The van der Waals surface area contributed by atoms with Gasteiger partial charge in [0, 0.05) is 42.2 Å². The van der Waals surface area contributed by atoms with E-state index in [2.05, 4.69) is 82.9 Å². The van der Waals surface area contributed by atoms with Crippen LogP contribution in [0.1, 0.15) is 41.5 Å². The number of aromatic nitrogens is 2. The van der Waals surface area contributed by atoms with Crippen LogP contribution in [0.4, 0.5) is 5.69 Å². The number of amides is 1. The van der Waals surface area contributed by atoms with Crippen LogP contribution in [0.15, 0.2) is 60.7 Å². The molecular formula is C30H30N4O2. The first-order valence-corrected chi connectivity index (χ1v) is 13.0. The standard InChI is InChI=1S/C30H30N4O2/c1-2-19-6-9-26-24(15-19)30(29(35)31-26)17-25(30)21-7-8-23-27(16-21)32-33-28(23)22-5-3-4-20(14-22)18-34-10-12-36-13-11-34/h3-9,14-16,25H,2,10-13,17-18H2,1H3,(H,31,35)(H,32,33)/t25?,30-/m0/s1. The Morgan fingerprint density at radius 3 is 2.81 bits per heavy atom. The topological polar surface area (TPSA) is 70.2 Å². The summed E-state index contributed by atoms with van der Waals surface area (Å²) in [6, 6.07) is 21.6. The molecule has 7 rings (SSSR count). The fourth-order valence-corrected chi connectivity index (χ4v) is 6.17. The van der Waals surface area contributed by atoms with Crippen molar-refractivity contribution < 1.29 is 9.53 Å². The first-order chi connectivity index (χ1) is 17.7. The molecule has 6 nitrogen and oxygen atoms in total. The molecule has 6 heteroatoms. The van der Waals surface area contributed by atoms with E-state index >= 15 is 0 Å². The van der Waals surface area contributed by atoms with Gasteiger partial charge in [-0.1, -0.05) is 49.4 Å². The number of aromatic amines is 1. The molecule has 2 atom stereocenters. The van der Waals surface area contributed by atoms with Gasteiger partial charge < -0.3 is 10.1 Å². The molecule has 4 aromatic rings. The van der Waals surface area contributed by atoms with E-state index in [1.807, 2.05) is 0 Å². The van der Waals surface area contributed by atoms with E-state index in [4.69, 9.17) is 9.84 Å². The molecule has 2 N–H and O–H groups in total. The van der Waals surface area contributed by atoms with E-state index in [9.17, 15) is 4.79 Å². The molecular weight excluding hydrogens is 448 g/mol. The number of morpholine rings is 1. The SMILES string of the molecule is CCc1ccc2c(c1)[C@]1(CC1c1ccc3c(-c4cccc(CN5CCOCC5)c4)n[nH]c3c1)C(=O)N2. The highest BCUT2D eigenvalue weighted by molar-refractivity contribution is 6.10. The fourth-order valence-electron chi connectivity index (χ4n) is 6.17. The Balaban J connectivity index is 1.18. The van der Waals surface area contributed by atoms with Gasteiger partial charge >= 0.3 is 0 Å². The van der Waals surface area contributed by atoms with Crippen LogP contribution in [0.5, 0.6) is 0 Å². The van der Waals surface area contributed by atoms with Crippen LogP contribution in [0, 0.1) is 0 Å². The number of anilines is 1. The number of H-pyrrole nitrogens is 1. The molecule has 2 fully saturated rings. The lowest BCUT2D eigenvalue weighted by molar-refractivity contribution is -0.118. The van der Waals surface area contributed by atoms with E-state index in [1.165, 1.54) is 22.3 Å². The Hall–Kier alpha value is -3.48. The van der Waals surface area contributed by atoms with Crippen molar-refractivity contribution in [3.05, 3.63) is 82.9 Å². The summed E-state index contributed by atoms with van der Waals surface area (Å²) >= 11 is 0. The van der Waals surface area contributed by atoms with Gasteiger partial charge in [-0.05, 0) is 53.3 Å². The summed E-state index contributed by atoms with van der Waals surface area (Å²) in [5.74, 6) is 0.331. The number of benzene rings is 3. The zero-order chi connectivity index (χ0) is 24.3. The summed E-state index contributed by atoms with van der Waals surface area (Å²) in [4.78, 5) is 15.5. The summed E-state index contributed by atoms with van der Waals surface area (Å²) in [5, 5.41) is 12.2. The quantitative estimate of drug-likeness (QED) is 0.423. The van der Waals surface area contributed by atoms with Crippen LogP contribution in [-0.4, -0.2) is 47.3 Å². The maximum Gasteiger partial charge on any atom is 0.235 e. The monoisotopic (exact) mass is 478 g/mol. The van der Waals surface area contributed by atoms with Gasteiger partial charge in [0.15, 0.2) is 0 Å². The maximum absolute atomic E-state index is 13.1. The Labute approximate surface area is 210 Å². The van der Waals surface area contributed by atoms with Crippen molar-refractivity contribution >= 4 is 22.5 Å². The zero-order valence-corrected chi connectivity index (χ0v) is 20.5. The van der Waals surface area contributed by atoms with Crippen LogP contribution < -0.4 is 5.32 Å². The average Bonchev–Trinajstić information content (AvgIpc) is 3.43. The molecule has 3 aromatic carbocycles. The Morgan fingerprint density at radius 2 is 1.94 bits per heavy atom. The van der Waals surface area contributed by atoms with Gasteiger partial charge in [0.1, 0.15) is 0 Å². The van der Waals surface area contributed by atoms with Crippen molar-refractivity contribution in [2.24, 2.45) is 0 Å². The minimum Gasteiger partial charge on any atom is -0.379 e. The van der Waals surface area contributed by atoms with E-state index in [1.54, 1.807) is 0 Å². The predicted molar refractivity (Wildman–Crippen MR) is 141 cm³/mol. The van der Waals surface area contributed by atoms with Crippen LogP contribution in [0.25, 0.3) is 22.2 Å². The first-order valence-electron chi connectivity index (χ1n) is 13.0. The predicted octanol–water partition coefficient (Wildman–Crippen LogP) is 5.00. The van der Waals surface area contributed by atoms with E-state index < -0.39 is 5.41 Å². The average molecular weight is 479 g/mol. The number of carbonyl (C=O) groups excluding carboxylic acids is 1. The highest BCUT2D eigenvalue weighted by Gasteiger charge is 2.65. The lowest BCUT2D eigenvalue weighted by atomic mass is 9.90. The number of ether oxygens (including phenoxy) is 1. The van der Waals surface area contributed by atoms with Crippen molar-refractivity contribution in [2.75, 3.05) is 31.6 Å². The molecule has 36 heavy (non-hydrogen) atoms. The summed E-state index contributed by atoms with van der Waals surface area (Å²) in [5.41, 5.74) is 8.60. The number of aryl methyl sites for hydroxylation is 1. The molecule has 1 spiro atoms. The molecule has 1 aliphatic carbocycles. The second-order valence-electron chi connectivity index (χ2n) is 10.4. The Kier molecular flexibility index (Phi) is 5.01. The van der Waals surface area contributed by atoms with Gasteiger partial charge in [-0.2, -0.15) is 5.10 Å². The molecule has 1 unspecified atom stereocenters. The largest absolute Gasteiger partial charge is 0.379 e. The third-order valence-electron chi connectivity index (χ3n) is 8.29. The highest BCUT2D eigenvalue weighted by atomic mass is 16.5. The van der Waals surface area contributed by atoms with Crippen molar-refractivity contribution in [1.82, 2.24) is 15.1 Å². The minimum absolute atomic E-state index is 0.137. The second-order valence-corrected chi connectivity index (χ2v) is 10.4. The van der Waals surface area contributed by atoms with Gasteiger partial charge in [0.2, 0.25) is 5.91 Å². The highest BCUT2D eigenvalue weighted by Crippen LogP contribution is 2.65. The second kappa shape index (κ2) is 8.29. The number of nitrogens with zero attached hydrogens (tertiary/aromatic N) is 2. The lowest BCUT2D eigenvalue weighted by Gasteiger charge is -2.26. The van der Waals surface area contributed by atoms with Crippen LogP contribution in [0.2, 0.25) is 0 Å². The first kappa shape index (κ1) is 21.8. The fraction of sp³-hybridized carbons (Fsp3) is 0.333. The number of fused-ring (bicyclic) bond motifs is 3. The number of carbonyl (C=O) groups is 1. The Morgan fingerprint density at radius 1 is 1.06 bits per heavy atom. The van der Waals surface area contributed by atoms with Gasteiger partial charge in [-0.15, -0.1) is 0 Å². The minimum atomic E-state index is -0.426. The number of rotatable bonds is 5. The third-order valence-corrected chi connectivity index (χ3v) is 8.29. The van der Waals surface area contributed by atoms with Gasteiger partial charge in [-0.3, -0.25) is 14.8 Å². The van der Waals surface area contributed by atoms with Crippen molar-refractivity contribution in [3.8, 4) is 11.3 Å². The molecule has 2 aliphatic heterocycles. The van der Waals surface area contributed by atoms with Crippen molar-refractivity contribution in [2.45, 2.75) is 37.6 Å². The van der Waals surface area contributed by atoms with Gasteiger partial charge in [0.25, 0.3) is 0 Å². The number of hydrogen-bond donors (Lipinski definition) is 2. The summed E-state index contributed by atoms with van der Waals surface area (Å²) in [6.45, 7) is 6.65. The van der Waals surface area contributed by atoms with Crippen LogP contribution in [0.3, 0.4) is 0 Å². The van der Waals surface area contributed by atoms with E-state index in [0.29, 0.717) is 0 Å². The molecule has 0 radical (unpaired) electrons. The van der Waals surface area contributed by atoms with E-state index in [0.717, 1.165) is 73.5 Å². The molecule has 1 saturated heterocycles. The van der Waals surface area contributed by atoms with Gasteiger partial charge in [0.05, 0.1) is 29.8 Å². The maximum atomic E-state index is 13.1. The molecule has 3 aliphatic rings. The molecule has 1 aromatic heterocycles. The molecule has 3 heterocycles. The summed E-state index contributed by atoms with van der Waals surface area (Å²) in [6.07, 6.45) is 1.83. The lowest BCUT2D eigenvalue weighted by Crippen LogP contribution is -2.35. The van der Waals surface area contributed by atoms with Crippen LogP contribution >= 0.6 is 0 Å². The number of hydrogen-bond acceptors (Lipinski definition) is 4. The Bertz CT molecular complexity index is 1490. The van der Waals surface area contributed by atoms with Crippen molar-refractivity contribution in [1.29, 1.82) is 0 Å². The molecule has 1 saturated carbocycles. The third kappa shape index (κ3) is 3.39. The number of nitrogens with one attached hydrogen (secondary N) is 2. The molecule has 182 valence electrons. The molecule has 1 amide bonds. The van der Waals surface area contributed by atoms with Crippen LogP contribution in [-0.2, 0) is 27.9 Å². The van der Waals surface area contributed by atoms with Crippen molar-refractivity contribution in [3.63, 3.8) is 0 Å². The summed E-state index contributed by atoms with van der Waals surface area (Å²) < 4.78 is 5.49. The van der Waals surface area contributed by atoms with Gasteiger partial charge in [-0.25, -0.2) is 0 Å². The zero-order valence-electron chi connectivity index (χ0n) is 20.5. The summed E-state index contributed by atoms with van der Waals surface area (Å²) in [7, 11) is 0.